The molecule has 2 rings (SSSR count). The highest BCUT2D eigenvalue weighted by atomic mass is 16.5. The molecule has 1 aliphatic rings. The minimum absolute atomic E-state index is 0.145. The van der Waals surface area contributed by atoms with Gasteiger partial charge in [0.2, 0.25) is 5.91 Å². The van der Waals surface area contributed by atoms with Gasteiger partial charge in [0.15, 0.2) is 0 Å². The predicted molar refractivity (Wildman–Crippen MR) is 68.7 cm³/mol. The fourth-order valence-corrected chi connectivity index (χ4v) is 2.02. The first kappa shape index (κ1) is 12.7. The number of benzene rings is 1. The molecule has 1 amide bonds. The maximum Gasteiger partial charge on any atom is 0.223 e. The smallest absolute Gasteiger partial charge is 0.223 e. The van der Waals surface area contributed by atoms with Gasteiger partial charge in [0, 0.05) is 18.0 Å². The summed E-state index contributed by atoms with van der Waals surface area (Å²) in [5, 5.41) is 2.95. The van der Waals surface area contributed by atoms with Gasteiger partial charge in [-0.1, -0.05) is 6.42 Å². The Bertz CT molecular complexity index is 427. The molecule has 0 heterocycles. The number of nitrogens with one attached hydrogen (secondary N) is 1. The van der Waals surface area contributed by atoms with E-state index in [-0.39, 0.29) is 11.8 Å². The van der Waals surface area contributed by atoms with Gasteiger partial charge in [-0.25, -0.2) is 0 Å². The van der Waals surface area contributed by atoms with Crippen LogP contribution in [0.5, 0.6) is 11.5 Å². The zero-order valence-corrected chi connectivity index (χ0v) is 10.9. The Morgan fingerprint density at radius 3 is 2.67 bits per heavy atom. The van der Waals surface area contributed by atoms with E-state index in [0.29, 0.717) is 6.54 Å². The summed E-state index contributed by atoms with van der Waals surface area (Å²) in [4.78, 5) is 11.8. The van der Waals surface area contributed by atoms with Crippen LogP contribution in [0.4, 0.5) is 0 Å². The molecule has 18 heavy (non-hydrogen) atoms. The Kier molecular flexibility index (Phi) is 4.07. The van der Waals surface area contributed by atoms with Gasteiger partial charge in [-0.15, -0.1) is 0 Å². The minimum atomic E-state index is 0.145. The summed E-state index contributed by atoms with van der Waals surface area (Å²) in [6.45, 7) is 0.482. The van der Waals surface area contributed by atoms with E-state index in [1.54, 1.807) is 14.2 Å². The molecule has 0 atom stereocenters. The quantitative estimate of drug-likeness (QED) is 0.869. The molecule has 0 aliphatic heterocycles. The number of carbonyl (C=O) groups is 1. The summed E-state index contributed by atoms with van der Waals surface area (Å²) in [6.07, 6.45) is 3.20. The summed E-state index contributed by atoms with van der Waals surface area (Å²) < 4.78 is 10.4. The molecule has 98 valence electrons. The number of carbonyl (C=O) groups excluding carboxylic acids is 1. The molecule has 0 spiro atoms. The number of ether oxygens (including phenoxy) is 2. The number of hydrogen-bond acceptors (Lipinski definition) is 3. The molecular formula is C14H19NO3. The first-order valence-electron chi connectivity index (χ1n) is 6.23. The molecule has 1 aliphatic carbocycles. The average molecular weight is 249 g/mol. The lowest BCUT2D eigenvalue weighted by Gasteiger charge is -2.24. The third-order valence-corrected chi connectivity index (χ3v) is 3.42. The van der Waals surface area contributed by atoms with Gasteiger partial charge in [-0.3, -0.25) is 4.79 Å². The van der Waals surface area contributed by atoms with Gasteiger partial charge >= 0.3 is 0 Å². The van der Waals surface area contributed by atoms with E-state index in [4.69, 9.17) is 9.47 Å². The molecule has 0 unspecified atom stereocenters. The molecule has 0 radical (unpaired) electrons. The summed E-state index contributed by atoms with van der Waals surface area (Å²) in [6, 6.07) is 5.58. The van der Waals surface area contributed by atoms with Crippen LogP contribution in [0, 0.1) is 5.92 Å². The largest absolute Gasteiger partial charge is 0.497 e. The Morgan fingerprint density at radius 1 is 1.33 bits per heavy atom. The van der Waals surface area contributed by atoms with Crippen molar-refractivity contribution in [3.63, 3.8) is 0 Å². The van der Waals surface area contributed by atoms with Crippen LogP contribution in [0.2, 0.25) is 0 Å². The molecule has 1 N–H and O–H groups in total. The third-order valence-electron chi connectivity index (χ3n) is 3.42. The summed E-state index contributed by atoms with van der Waals surface area (Å²) in [5.41, 5.74) is 0.935. The van der Waals surface area contributed by atoms with Crippen molar-refractivity contribution in [3.05, 3.63) is 23.8 Å². The maximum atomic E-state index is 11.8. The van der Waals surface area contributed by atoms with Crippen molar-refractivity contribution >= 4 is 5.91 Å². The Hall–Kier alpha value is -1.71. The maximum absolute atomic E-state index is 11.8. The van der Waals surface area contributed by atoms with Crippen LogP contribution in [0.25, 0.3) is 0 Å². The number of methoxy groups -OCH3 is 2. The molecular weight excluding hydrogens is 230 g/mol. The lowest BCUT2D eigenvalue weighted by Crippen LogP contribution is -2.34. The van der Waals surface area contributed by atoms with Crippen molar-refractivity contribution in [2.45, 2.75) is 25.8 Å². The predicted octanol–water partition coefficient (Wildman–Crippen LogP) is 2.12. The van der Waals surface area contributed by atoms with Crippen LogP contribution in [0.3, 0.4) is 0 Å². The van der Waals surface area contributed by atoms with Crippen molar-refractivity contribution in [1.29, 1.82) is 0 Å². The standard InChI is InChI=1S/C14H19NO3/c1-17-12-6-7-13(18-2)11(8-12)9-15-14(16)10-4-3-5-10/h6-8,10H,3-5,9H2,1-2H3,(H,15,16). The van der Waals surface area contributed by atoms with Gasteiger partial charge in [0.25, 0.3) is 0 Å². The van der Waals surface area contributed by atoms with Crippen molar-refractivity contribution in [3.8, 4) is 11.5 Å². The van der Waals surface area contributed by atoms with Crippen molar-refractivity contribution < 1.29 is 14.3 Å². The topological polar surface area (TPSA) is 47.6 Å². The lowest BCUT2D eigenvalue weighted by molar-refractivity contribution is -0.127. The monoisotopic (exact) mass is 249 g/mol. The van der Waals surface area contributed by atoms with Gasteiger partial charge in [0.1, 0.15) is 11.5 Å². The molecule has 4 heteroatoms. The van der Waals surface area contributed by atoms with Crippen LogP contribution < -0.4 is 14.8 Å². The minimum Gasteiger partial charge on any atom is -0.497 e. The third kappa shape index (κ3) is 2.75. The van der Waals surface area contributed by atoms with Crippen molar-refractivity contribution in [1.82, 2.24) is 5.32 Å². The summed E-state index contributed by atoms with van der Waals surface area (Å²) >= 11 is 0. The first-order valence-corrected chi connectivity index (χ1v) is 6.23. The molecule has 1 fully saturated rings. The number of amides is 1. The van der Waals surface area contributed by atoms with E-state index in [1.165, 1.54) is 6.42 Å². The molecule has 4 nitrogen and oxygen atoms in total. The van der Waals surface area contributed by atoms with Crippen LogP contribution >= 0.6 is 0 Å². The number of hydrogen-bond donors (Lipinski definition) is 1. The Balaban J connectivity index is 2.00. The summed E-state index contributed by atoms with van der Waals surface area (Å²) in [5.74, 6) is 1.89. The van der Waals surface area contributed by atoms with E-state index in [0.717, 1.165) is 29.9 Å². The normalized spacial score (nSPS) is 14.8. The fraction of sp³-hybridized carbons (Fsp3) is 0.500. The van der Waals surface area contributed by atoms with Crippen molar-refractivity contribution in [2.75, 3.05) is 14.2 Å². The van der Waals surface area contributed by atoms with E-state index >= 15 is 0 Å². The molecule has 0 saturated heterocycles. The zero-order chi connectivity index (χ0) is 13.0. The van der Waals surface area contributed by atoms with Crippen LogP contribution in [0.15, 0.2) is 18.2 Å². The molecule has 1 aromatic rings. The van der Waals surface area contributed by atoms with E-state index < -0.39 is 0 Å². The van der Waals surface area contributed by atoms with Crippen LogP contribution in [0.1, 0.15) is 24.8 Å². The van der Waals surface area contributed by atoms with Crippen LogP contribution in [-0.2, 0) is 11.3 Å². The fourth-order valence-electron chi connectivity index (χ4n) is 2.02. The summed E-state index contributed by atoms with van der Waals surface area (Å²) in [7, 11) is 3.25. The molecule has 0 aromatic heterocycles. The second-order valence-corrected chi connectivity index (χ2v) is 4.52. The second kappa shape index (κ2) is 5.76. The van der Waals surface area contributed by atoms with Gasteiger partial charge in [0.05, 0.1) is 14.2 Å². The number of rotatable bonds is 5. The highest BCUT2D eigenvalue weighted by Gasteiger charge is 2.24. The highest BCUT2D eigenvalue weighted by Crippen LogP contribution is 2.27. The van der Waals surface area contributed by atoms with Crippen molar-refractivity contribution in [2.24, 2.45) is 5.92 Å². The molecule has 1 saturated carbocycles. The average Bonchev–Trinajstić information content (AvgIpc) is 2.33. The van der Waals surface area contributed by atoms with Crippen LogP contribution in [-0.4, -0.2) is 20.1 Å². The van der Waals surface area contributed by atoms with Gasteiger partial charge in [-0.05, 0) is 31.0 Å². The highest BCUT2D eigenvalue weighted by molar-refractivity contribution is 5.79. The lowest BCUT2D eigenvalue weighted by atomic mass is 9.85. The first-order chi connectivity index (χ1) is 8.74. The van der Waals surface area contributed by atoms with Gasteiger partial charge < -0.3 is 14.8 Å². The van der Waals surface area contributed by atoms with Gasteiger partial charge in [-0.2, -0.15) is 0 Å². The molecule has 1 aromatic carbocycles. The van der Waals surface area contributed by atoms with E-state index in [1.807, 2.05) is 18.2 Å². The Labute approximate surface area is 107 Å². The van der Waals surface area contributed by atoms with E-state index in [2.05, 4.69) is 5.32 Å². The second-order valence-electron chi connectivity index (χ2n) is 4.52. The SMILES string of the molecule is COc1ccc(OC)c(CNC(=O)C2CCC2)c1. The Morgan fingerprint density at radius 2 is 2.11 bits per heavy atom. The molecule has 0 bridgehead atoms. The van der Waals surface area contributed by atoms with E-state index in [9.17, 15) is 4.79 Å². The zero-order valence-electron chi connectivity index (χ0n) is 10.9.